The Kier molecular flexibility index (Phi) is 4.10. The fraction of sp³-hybridized carbons (Fsp3) is 0.200. The van der Waals surface area contributed by atoms with Crippen LogP contribution >= 0.6 is 0 Å². The SMILES string of the molecule is O=C(Nc1ccccc1)c1cc2n(n1)CCN(Cc1cnn3cccnc13)C2. The lowest BCUT2D eigenvalue weighted by molar-refractivity contribution is 0.102. The molecule has 0 atom stereocenters. The third-order valence-electron chi connectivity index (χ3n) is 4.89. The molecule has 0 fully saturated rings. The van der Waals surface area contributed by atoms with Gasteiger partial charge in [0.15, 0.2) is 11.3 Å². The van der Waals surface area contributed by atoms with Crippen LogP contribution in [-0.2, 0) is 19.6 Å². The van der Waals surface area contributed by atoms with Crippen molar-refractivity contribution in [3.63, 3.8) is 0 Å². The van der Waals surface area contributed by atoms with E-state index in [2.05, 4.69) is 25.4 Å². The summed E-state index contributed by atoms with van der Waals surface area (Å²) in [7, 11) is 0. The number of anilines is 1. The summed E-state index contributed by atoms with van der Waals surface area (Å²) in [5.74, 6) is -0.188. The highest BCUT2D eigenvalue weighted by Gasteiger charge is 2.22. The van der Waals surface area contributed by atoms with E-state index in [0.29, 0.717) is 5.69 Å². The van der Waals surface area contributed by atoms with Gasteiger partial charge in [0.25, 0.3) is 5.91 Å². The topological polar surface area (TPSA) is 80.4 Å². The van der Waals surface area contributed by atoms with Crippen LogP contribution in [0.3, 0.4) is 0 Å². The van der Waals surface area contributed by atoms with Gasteiger partial charge in [-0.3, -0.25) is 14.4 Å². The van der Waals surface area contributed by atoms with Crippen LogP contribution in [0, 0.1) is 0 Å². The molecule has 4 aromatic rings. The first-order valence-electron chi connectivity index (χ1n) is 9.19. The minimum atomic E-state index is -0.188. The maximum Gasteiger partial charge on any atom is 0.276 e. The van der Waals surface area contributed by atoms with Gasteiger partial charge in [-0.2, -0.15) is 10.2 Å². The van der Waals surface area contributed by atoms with Crippen molar-refractivity contribution < 1.29 is 4.79 Å². The van der Waals surface area contributed by atoms with Crippen molar-refractivity contribution in [2.45, 2.75) is 19.6 Å². The van der Waals surface area contributed by atoms with Crippen LogP contribution in [-0.4, -0.2) is 41.7 Å². The van der Waals surface area contributed by atoms with E-state index in [1.807, 2.05) is 59.5 Å². The van der Waals surface area contributed by atoms with E-state index in [-0.39, 0.29) is 5.91 Å². The Morgan fingerprint density at radius 1 is 1.14 bits per heavy atom. The Bertz CT molecular complexity index is 1130. The van der Waals surface area contributed by atoms with Gasteiger partial charge < -0.3 is 5.32 Å². The van der Waals surface area contributed by atoms with E-state index < -0.39 is 0 Å². The number of aromatic nitrogens is 5. The fourth-order valence-electron chi connectivity index (χ4n) is 3.51. The summed E-state index contributed by atoms with van der Waals surface area (Å²) in [4.78, 5) is 19.2. The molecule has 3 aromatic heterocycles. The summed E-state index contributed by atoms with van der Waals surface area (Å²) in [5, 5.41) is 11.7. The van der Waals surface area contributed by atoms with E-state index in [0.717, 1.165) is 48.8 Å². The van der Waals surface area contributed by atoms with Crippen LogP contribution in [0.4, 0.5) is 5.69 Å². The Morgan fingerprint density at radius 3 is 2.93 bits per heavy atom. The highest BCUT2D eigenvalue weighted by atomic mass is 16.2. The van der Waals surface area contributed by atoms with E-state index >= 15 is 0 Å². The zero-order valence-electron chi connectivity index (χ0n) is 15.2. The number of carbonyl (C=O) groups is 1. The first kappa shape index (κ1) is 16.6. The van der Waals surface area contributed by atoms with Crippen molar-refractivity contribution in [1.82, 2.24) is 29.3 Å². The molecule has 140 valence electrons. The molecule has 1 N–H and O–H groups in total. The van der Waals surface area contributed by atoms with Gasteiger partial charge in [0.05, 0.1) is 18.4 Å². The molecule has 4 heterocycles. The van der Waals surface area contributed by atoms with Crippen LogP contribution in [0.15, 0.2) is 61.1 Å². The Morgan fingerprint density at radius 2 is 2.04 bits per heavy atom. The standard InChI is InChI=1S/C20H19N7O/c28-20(23-16-5-2-1-3-6-16)18-11-17-14-25(9-10-26(17)24-18)13-15-12-22-27-8-4-7-21-19(15)27/h1-8,11-12H,9-10,13-14H2,(H,23,28). The van der Waals surface area contributed by atoms with E-state index in [1.54, 1.807) is 10.7 Å². The summed E-state index contributed by atoms with van der Waals surface area (Å²) in [5.41, 5.74) is 4.22. The number of benzene rings is 1. The third kappa shape index (κ3) is 3.14. The number of para-hydroxylation sites is 1. The highest BCUT2D eigenvalue weighted by molar-refractivity contribution is 6.02. The highest BCUT2D eigenvalue weighted by Crippen LogP contribution is 2.18. The minimum Gasteiger partial charge on any atom is -0.321 e. The van der Waals surface area contributed by atoms with Crippen molar-refractivity contribution in [3.8, 4) is 0 Å². The molecule has 1 aliphatic heterocycles. The molecule has 8 nitrogen and oxygen atoms in total. The summed E-state index contributed by atoms with van der Waals surface area (Å²) in [6.07, 6.45) is 5.55. The molecule has 8 heteroatoms. The lowest BCUT2D eigenvalue weighted by atomic mass is 10.2. The predicted octanol–water partition coefficient (Wildman–Crippen LogP) is 2.19. The number of amides is 1. The first-order chi connectivity index (χ1) is 13.8. The summed E-state index contributed by atoms with van der Waals surface area (Å²) < 4.78 is 3.71. The van der Waals surface area contributed by atoms with Crippen molar-refractivity contribution >= 4 is 17.2 Å². The smallest absolute Gasteiger partial charge is 0.276 e. The van der Waals surface area contributed by atoms with Crippen molar-refractivity contribution in [1.29, 1.82) is 0 Å². The Labute approximate surface area is 161 Å². The predicted molar refractivity (Wildman–Crippen MR) is 104 cm³/mol. The summed E-state index contributed by atoms with van der Waals surface area (Å²) >= 11 is 0. The zero-order valence-corrected chi connectivity index (χ0v) is 15.2. The molecule has 0 saturated heterocycles. The number of nitrogens with one attached hydrogen (secondary N) is 1. The molecule has 5 rings (SSSR count). The molecule has 0 aliphatic carbocycles. The minimum absolute atomic E-state index is 0.188. The molecule has 0 bridgehead atoms. The number of hydrogen-bond acceptors (Lipinski definition) is 5. The van der Waals surface area contributed by atoms with Gasteiger partial charge in [-0.1, -0.05) is 18.2 Å². The van der Waals surface area contributed by atoms with Gasteiger partial charge in [0.2, 0.25) is 0 Å². The normalized spacial score (nSPS) is 14.1. The quantitative estimate of drug-likeness (QED) is 0.593. The molecule has 1 aliphatic rings. The maximum absolute atomic E-state index is 12.5. The average molecular weight is 373 g/mol. The lowest BCUT2D eigenvalue weighted by Gasteiger charge is -2.26. The van der Waals surface area contributed by atoms with Gasteiger partial charge >= 0.3 is 0 Å². The van der Waals surface area contributed by atoms with Gasteiger partial charge in [-0.15, -0.1) is 0 Å². The molecule has 0 radical (unpaired) electrons. The monoisotopic (exact) mass is 373 g/mol. The molecule has 0 saturated carbocycles. The number of hydrogen-bond donors (Lipinski definition) is 1. The zero-order chi connectivity index (χ0) is 18.9. The van der Waals surface area contributed by atoms with Crippen molar-refractivity contribution in [2.24, 2.45) is 0 Å². The Hall–Kier alpha value is -3.52. The number of fused-ring (bicyclic) bond motifs is 2. The average Bonchev–Trinajstić information content (AvgIpc) is 3.33. The van der Waals surface area contributed by atoms with E-state index in [4.69, 9.17) is 0 Å². The second-order valence-corrected chi connectivity index (χ2v) is 6.83. The van der Waals surface area contributed by atoms with E-state index in [1.165, 1.54) is 0 Å². The number of carbonyl (C=O) groups excluding carboxylic acids is 1. The van der Waals surface area contributed by atoms with E-state index in [9.17, 15) is 4.79 Å². The molecule has 0 unspecified atom stereocenters. The molecule has 1 aromatic carbocycles. The number of nitrogens with zero attached hydrogens (tertiary/aromatic N) is 6. The first-order valence-corrected chi connectivity index (χ1v) is 9.19. The van der Waals surface area contributed by atoms with Gasteiger partial charge in [-0.25, -0.2) is 9.50 Å². The van der Waals surface area contributed by atoms with Gasteiger partial charge in [0, 0.05) is 43.3 Å². The van der Waals surface area contributed by atoms with Crippen LogP contribution < -0.4 is 5.32 Å². The fourth-order valence-corrected chi connectivity index (χ4v) is 3.51. The number of rotatable bonds is 4. The summed E-state index contributed by atoms with van der Waals surface area (Å²) in [6, 6.07) is 13.2. The second kappa shape index (κ2) is 6.90. The molecule has 0 spiro atoms. The van der Waals surface area contributed by atoms with Crippen LogP contribution in [0.2, 0.25) is 0 Å². The summed E-state index contributed by atoms with van der Waals surface area (Å²) in [6.45, 7) is 3.10. The van der Waals surface area contributed by atoms with Crippen LogP contribution in [0.5, 0.6) is 0 Å². The Balaban J connectivity index is 1.30. The van der Waals surface area contributed by atoms with Crippen molar-refractivity contribution in [3.05, 3.63) is 78.0 Å². The molecule has 28 heavy (non-hydrogen) atoms. The molecular weight excluding hydrogens is 354 g/mol. The maximum atomic E-state index is 12.5. The molecule has 1 amide bonds. The van der Waals surface area contributed by atoms with Gasteiger partial charge in [0.1, 0.15) is 0 Å². The van der Waals surface area contributed by atoms with Crippen LogP contribution in [0.25, 0.3) is 5.65 Å². The second-order valence-electron chi connectivity index (χ2n) is 6.83. The van der Waals surface area contributed by atoms with Crippen LogP contribution in [0.1, 0.15) is 21.7 Å². The largest absolute Gasteiger partial charge is 0.321 e. The third-order valence-corrected chi connectivity index (χ3v) is 4.89. The lowest BCUT2D eigenvalue weighted by Crippen LogP contribution is -2.33. The van der Waals surface area contributed by atoms with Crippen molar-refractivity contribution in [2.75, 3.05) is 11.9 Å². The van der Waals surface area contributed by atoms with Gasteiger partial charge in [-0.05, 0) is 24.3 Å². The molecular formula is C20H19N7O.